The highest BCUT2D eigenvalue weighted by Gasteiger charge is 2.18. The summed E-state index contributed by atoms with van der Waals surface area (Å²) >= 11 is 0. The van der Waals surface area contributed by atoms with Gasteiger partial charge < -0.3 is 10.2 Å². The molecule has 0 aliphatic heterocycles. The molecule has 1 aromatic heterocycles. The third-order valence-corrected chi connectivity index (χ3v) is 4.03. The molecule has 0 saturated heterocycles. The molecule has 1 aromatic carbocycles. The van der Waals surface area contributed by atoms with Gasteiger partial charge in [0.15, 0.2) is 0 Å². The fraction of sp³-hybridized carbons (Fsp3) is 0.143. The lowest BCUT2D eigenvalue weighted by Crippen LogP contribution is -2.24. The van der Waals surface area contributed by atoms with Gasteiger partial charge in [-0.15, -0.1) is 0 Å². The molecule has 0 spiro atoms. The quantitative estimate of drug-likeness (QED) is 0.831. The summed E-state index contributed by atoms with van der Waals surface area (Å²) in [5.41, 5.74) is 5.31. The van der Waals surface area contributed by atoms with Crippen LogP contribution < -0.4 is 10.5 Å². The second kappa shape index (κ2) is 6.54. The Morgan fingerprint density at radius 1 is 1.33 bits per heavy atom. The molecule has 0 bridgehead atoms. The first-order valence-electron chi connectivity index (χ1n) is 6.03. The number of nitrogens with two attached hydrogens (primary N) is 1. The molecular weight excluding hydrogens is 295 g/mol. The smallest absolute Gasteiger partial charge is 0.242 e. The highest BCUT2D eigenvalue weighted by Crippen LogP contribution is 2.16. The molecule has 0 fully saturated rings. The van der Waals surface area contributed by atoms with Gasteiger partial charge in [-0.1, -0.05) is 11.8 Å². The summed E-state index contributed by atoms with van der Waals surface area (Å²) in [5.74, 6) is 4.97. The first kappa shape index (κ1) is 15.3. The second-order valence-electron chi connectivity index (χ2n) is 4.05. The summed E-state index contributed by atoms with van der Waals surface area (Å²) in [4.78, 5) is -0.101. The van der Waals surface area contributed by atoms with Crippen LogP contribution in [-0.2, 0) is 16.6 Å². The van der Waals surface area contributed by atoms with Crippen molar-refractivity contribution in [2.45, 2.75) is 11.4 Å². The molecule has 0 unspecified atom stereocenters. The van der Waals surface area contributed by atoms with Crippen LogP contribution in [0.4, 0.5) is 4.39 Å². The van der Waals surface area contributed by atoms with Gasteiger partial charge in [-0.2, -0.15) is 0 Å². The monoisotopic (exact) mass is 308 g/mol. The summed E-state index contributed by atoms with van der Waals surface area (Å²) in [6, 6.07) is 6.58. The maximum Gasteiger partial charge on any atom is 0.242 e. The zero-order chi connectivity index (χ0) is 15.3. The van der Waals surface area contributed by atoms with Gasteiger partial charge in [-0.25, -0.2) is 17.5 Å². The standard InChI is InChI=1S/C14H13FN2O3S/c15-12-5-6-14(11(9-12)3-1-7-16)21(18,19)17-10-13-4-2-8-20-13/h2,4-6,8-9,17H,7,10,16H2. The van der Waals surface area contributed by atoms with E-state index in [-0.39, 0.29) is 23.5 Å². The normalized spacial score (nSPS) is 11.0. The fourth-order valence-electron chi connectivity index (χ4n) is 1.64. The number of benzene rings is 1. The summed E-state index contributed by atoms with van der Waals surface area (Å²) < 4.78 is 45.2. The molecule has 3 N–H and O–H groups in total. The van der Waals surface area contributed by atoms with Gasteiger partial charge in [-0.3, -0.25) is 0 Å². The Balaban J connectivity index is 2.30. The van der Waals surface area contributed by atoms with E-state index in [1.165, 1.54) is 12.3 Å². The van der Waals surface area contributed by atoms with Gasteiger partial charge in [0.05, 0.1) is 24.2 Å². The third-order valence-electron chi connectivity index (χ3n) is 2.57. The van der Waals surface area contributed by atoms with Crippen molar-refractivity contribution in [1.82, 2.24) is 4.72 Å². The largest absolute Gasteiger partial charge is 0.468 e. The molecule has 0 saturated carbocycles. The van der Waals surface area contributed by atoms with Crippen molar-refractivity contribution in [1.29, 1.82) is 0 Å². The van der Waals surface area contributed by atoms with Crippen LogP contribution in [0.1, 0.15) is 11.3 Å². The van der Waals surface area contributed by atoms with Crippen LogP contribution in [-0.4, -0.2) is 15.0 Å². The van der Waals surface area contributed by atoms with Crippen molar-refractivity contribution < 1.29 is 17.2 Å². The summed E-state index contributed by atoms with van der Waals surface area (Å²) in [6.07, 6.45) is 1.44. The minimum absolute atomic E-state index is 0.00350. The molecule has 110 valence electrons. The molecule has 5 nitrogen and oxygen atoms in total. The summed E-state index contributed by atoms with van der Waals surface area (Å²) in [7, 11) is -3.83. The Kier molecular flexibility index (Phi) is 4.75. The lowest BCUT2D eigenvalue weighted by Gasteiger charge is -2.07. The maximum absolute atomic E-state index is 13.2. The molecular formula is C14H13FN2O3S. The van der Waals surface area contributed by atoms with Crippen LogP contribution in [0.3, 0.4) is 0 Å². The molecule has 0 aliphatic carbocycles. The molecule has 1 heterocycles. The van der Waals surface area contributed by atoms with Crippen molar-refractivity contribution in [2.75, 3.05) is 6.54 Å². The van der Waals surface area contributed by atoms with Crippen molar-refractivity contribution in [3.63, 3.8) is 0 Å². The van der Waals surface area contributed by atoms with Crippen LogP contribution in [0.2, 0.25) is 0 Å². The van der Waals surface area contributed by atoms with E-state index < -0.39 is 15.8 Å². The molecule has 21 heavy (non-hydrogen) atoms. The molecule has 0 aliphatic rings. The molecule has 2 aromatic rings. The number of halogens is 1. The van der Waals surface area contributed by atoms with Crippen LogP contribution in [0.25, 0.3) is 0 Å². The first-order valence-corrected chi connectivity index (χ1v) is 7.52. The highest BCUT2D eigenvalue weighted by atomic mass is 32.2. The minimum Gasteiger partial charge on any atom is -0.468 e. The van der Waals surface area contributed by atoms with Gasteiger partial charge in [-0.05, 0) is 30.3 Å². The Bertz CT molecular complexity index is 774. The predicted molar refractivity (Wildman–Crippen MR) is 75.1 cm³/mol. The highest BCUT2D eigenvalue weighted by molar-refractivity contribution is 7.89. The molecule has 7 heteroatoms. The Morgan fingerprint density at radius 3 is 2.81 bits per heavy atom. The topological polar surface area (TPSA) is 85.3 Å². The number of nitrogens with one attached hydrogen (secondary N) is 1. The van der Waals surface area contributed by atoms with Gasteiger partial charge in [0.1, 0.15) is 11.6 Å². The SMILES string of the molecule is NCC#Cc1cc(F)ccc1S(=O)(=O)NCc1ccco1. The van der Waals surface area contributed by atoms with E-state index in [0.29, 0.717) is 5.76 Å². The number of sulfonamides is 1. The van der Waals surface area contributed by atoms with Gasteiger partial charge in [0.25, 0.3) is 0 Å². The minimum atomic E-state index is -3.83. The first-order chi connectivity index (χ1) is 10.0. The van der Waals surface area contributed by atoms with Gasteiger partial charge in [0, 0.05) is 5.56 Å². The van der Waals surface area contributed by atoms with E-state index in [1.807, 2.05) is 0 Å². The predicted octanol–water partition coefficient (Wildman–Crippen LogP) is 1.21. The number of hydrogen-bond donors (Lipinski definition) is 2. The van der Waals surface area contributed by atoms with E-state index in [0.717, 1.165) is 12.1 Å². The molecule has 2 rings (SSSR count). The number of rotatable bonds is 4. The summed E-state index contributed by atoms with van der Waals surface area (Å²) in [6.45, 7) is 0.0479. The third kappa shape index (κ3) is 3.92. The van der Waals surface area contributed by atoms with E-state index in [9.17, 15) is 12.8 Å². The van der Waals surface area contributed by atoms with Crippen molar-refractivity contribution >= 4 is 10.0 Å². The lowest BCUT2D eigenvalue weighted by molar-refractivity contribution is 0.498. The zero-order valence-electron chi connectivity index (χ0n) is 11.0. The lowest BCUT2D eigenvalue weighted by atomic mass is 10.2. The van der Waals surface area contributed by atoms with Crippen LogP contribution in [0.5, 0.6) is 0 Å². The Hall–Kier alpha value is -2.14. The van der Waals surface area contributed by atoms with Gasteiger partial charge >= 0.3 is 0 Å². The molecule has 0 atom stereocenters. The van der Waals surface area contributed by atoms with Crippen LogP contribution in [0.15, 0.2) is 45.9 Å². The van der Waals surface area contributed by atoms with E-state index in [2.05, 4.69) is 16.6 Å². The zero-order valence-corrected chi connectivity index (χ0v) is 11.8. The van der Waals surface area contributed by atoms with Crippen LogP contribution >= 0.6 is 0 Å². The molecule has 0 amide bonds. The number of hydrogen-bond acceptors (Lipinski definition) is 4. The second-order valence-corrected chi connectivity index (χ2v) is 5.79. The Morgan fingerprint density at radius 2 is 2.14 bits per heavy atom. The van der Waals surface area contributed by atoms with E-state index in [4.69, 9.17) is 10.2 Å². The van der Waals surface area contributed by atoms with Gasteiger partial charge in [0.2, 0.25) is 10.0 Å². The van der Waals surface area contributed by atoms with E-state index in [1.54, 1.807) is 12.1 Å². The van der Waals surface area contributed by atoms with E-state index >= 15 is 0 Å². The fourth-order valence-corrected chi connectivity index (χ4v) is 2.77. The summed E-state index contributed by atoms with van der Waals surface area (Å²) in [5, 5.41) is 0. The van der Waals surface area contributed by atoms with Crippen molar-refractivity contribution in [2.24, 2.45) is 5.73 Å². The molecule has 0 radical (unpaired) electrons. The average molecular weight is 308 g/mol. The number of furan rings is 1. The Labute approximate surface area is 122 Å². The van der Waals surface area contributed by atoms with Crippen molar-refractivity contribution in [3.8, 4) is 11.8 Å². The maximum atomic E-state index is 13.2. The van der Waals surface area contributed by atoms with Crippen molar-refractivity contribution in [3.05, 3.63) is 53.7 Å². The average Bonchev–Trinajstić information content (AvgIpc) is 2.96. The van der Waals surface area contributed by atoms with Crippen LogP contribution in [0, 0.1) is 17.7 Å².